The lowest BCUT2D eigenvalue weighted by atomic mass is 10.1. The van der Waals surface area contributed by atoms with Gasteiger partial charge in [-0.15, -0.1) is 11.8 Å². The molecule has 2 N–H and O–H groups in total. The summed E-state index contributed by atoms with van der Waals surface area (Å²) in [6.45, 7) is 4.50. The van der Waals surface area contributed by atoms with Crippen LogP contribution in [0.1, 0.15) is 37.5 Å². The number of anilines is 2. The number of aromatic nitrogens is 1. The van der Waals surface area contributed by atoms with Crippen LogP contribution < -0.4 is 15.4 Å². The molecular formula is C27H27N3O3S2. The summed E-state index contributed by atoms with van der Waals surface area (Å²) in [6, 6.07) is 22.9. The van der Waals surface area contributed by atoms with Gasteiger partial charge in [0.1, 0.15) is 11.0 Å². The molecule has 0 fully saturated rings. The van der Waals surface area contributed by atoms with E-state index in [4.69, 9.17) is 4.74 Å². The Bertz CT molecular complexity index is 1310. The zero-order valence-electron chi connectivity index (χ0n) is 19.6. The van der Waals surface area contributed by atoms with E-state index in [9.17, 15) is 9.59 Å². The van der Waals surface area contributed by atoms with Gasteiger partial charge in [0, 0.05) is 17.0 Å². The van der Waals surface area contributed by atoms with Gasteiger partial charge >= 0.3 is 0 Å². The molecule has 0 saturated heterocycles. The van der Waals surface area contributed by atoms with E-state index in [0.717, 1.165) is 38.5 Å². The molecule has 1 unspecified atom stereocenters. The first kappa shape index (κ1) is 24.8. The number of carbonyl (C=O) groups is 2. The molecule has 0 radical (unpaired) electrons. The Morgan fingerprint density at radius 1 is 1.00 bits per heavy atom. The molecule has 4 aromatic rings. The first-order chi connectivity index (χ1) is 17.1. The highest BCUT2D eigenvalue weighted by Gasteiger charge is 2.23. The van der Waals surface area contributed by atoms with Crippen molar-refractivity contribution in [2.24, 2.45) is 0 Å². The molecule has 6 nitrogen and oxygen atoms in total. The van der Waals surface area contributed by atoms with Crippen LogP contribution in [0.15, 0.2) is 77.7 Å². The van der Waals surface area contributed by atoms with E-state index in [1.807, 2.05) is 86.6 Å². The zero-order chi connectivity index (χ0) is 24.6. The second-order valence-electron chi connectivity index (χ2n) is 7.81. The Hall–Kier alpha value is -3.36. The summed E-state index contributed by atoms with van der Waals surface area (Å²) in [4.78, 5) is 30.9. The van der Waals surface area contributed by atoms with Crippen molar-refractivity contribution in [1.82, 2.24) is 4.98 Å². The summed E-state index contributed by atoms with van der Waals surface area (Å²) in [5.41, 5.74) is 2.42. The van der Waals surface area contributed by atoms with E-state index in [1.165, 1.54) is 23.1 Å². The highest BCUT2D eigenvalue weighted by Crippen LogP contribution is 2.38. The van der Waals surface area contributed by atoms with Crippen molar-refractivity contribution >= 4 is 55.9 Å². The van der Waals surface area contributed by atoms with E-state index in [2.05, 4.69) is 15.6 Å². The lowest BCUT2D eigenvalue weighted by molar-refractivity contribution is -0.116. The number of nitrogens with zero attached hydrogens (tertiary/aromatic N) is 1. The number of ether oxygens (including phenoxy) is 1. The molecule has 0 bridgehead atoms. The third-order valence-corrected chi connectivity index (χ3v) is 7.27. The number of benzene rings is 3. The van der Waals surface area contributed by atoms with Crippen LogP contribution in [0, 0.1) is 0 Å². The van der Waals surface area contributed by atoms with Gasteiger partial charge in [0.05, 0.1) is 16.8 Å². The zero-order valence-corrected chi connectivity index (χ0v) is 21.2. The molecule has 1 aromatic heterocycles. The summed E-state index contributed by atoms with van der Waals surface area (Å²) in [7, 11) is 0. The second-order valence-corrected chi connectivity index (χ2v) is 10.0. The van der Waals surface area contributed by atoms with Crippen LogP contribution in [-0.4, -0.2) is 23.4 Å². The smallest absolute Gasteiger partial charge is 0.244 e. The number of hydrogen-bond acceptors (Lipinski definition) is 6. The highest BCUT2D eigenvalue weighted by molar-refractivity contribution is 8.00. The number of amides is 2. The Kier molecular flexibility index (Phi) is 8.39. The number of hydrogen-bond donors (Lipinski definition) is 2. The molecule has 35 heavy (non-hydrogen) atoms. The number of thioether (sulfide) groups is 1. The van der Waals surface area contributed by atoms with E-state index in [1.54, 1.807) is 0 Å². The summed E-state index contributed by atoms with van der Waals surface area (Å²) in [5.74, 6) is 0.603. The standard InChI is InChI=1S/C27H27N3O3S2/c1-3-9-24(31)28-19-12-8-13-21(16-19)34-25(18-10-6-5-7-11-18)26(32)30-27-29-22-15-14-20(33-4-2)17-23(22)35-27/h5-8,10-17,25H,3-4,9H2,1-2H3,(H,28,31)(H,29,30,32). The normalized spacial score (nSPS) is 11.7. The molecule has 0 aliphatic carbocycles. The minimum absolute atomic E-state index is 0.0182. The molecular weight excluding hydrogens is 478 g/mol. The fourth-order valence-corrected chi connectivity index (χ4v) is 5.50. The second kappa shape index (κ2) is 11.9. The largest absolute Gasteiger partial charge is 0.494 e. The van der Waals surface area contributed by atoms with Gasteiger partial charge in [0.2, 0.25) is 11.8 Å². The quantitative estimate of drug-likeness (QED) is 0.229. The Morgan fingerprint density at radius 2 is 1.83 bits per heavy atom. The van der Waals surface area contributed by atoms with Crippen molar-refractivity contribution in [3.8, 4) is 5.75 Å². The summed E-state index contributed by atoms with van der Waals surface area (Å²) in [6.07, 6.45) is 1.26. The van der Waals surface area contributed by atoms with Crippen molar-refractivity contribution in [2.75, 3.05) is 17.2 Å². The average molecular weight is 506 g/mol. The van der Waals surface area contributed by atoms with E-state index in [-0.39, 0.29) is 11.8 Å². The third-order valence-electron chi connectivity index (χ3n) is 5.09. The van der Waals surface area contributed by atoms with Gasteiger partial charge in [0.15, 0.2) is 5.13 Å². The van der Waals surface area contributed by atoms with Crippen LogP contribution in [0.4, 0.5) is 10.8 Å². The van der Waals surface area contributed by atoms with E-state index >= 15 is 0 Å². The van der Waals surface area contributed by atoms with Gasteiger partial charge < -0.3 is 15.4 Å². The topological polar surface area (TPSA) is 80.3 Å². The first-order valence-electron chi connectivity index (χ1n) is 11.5. The van der Waals surface area contributed by atoms with Gasteiger partial charge in [-0.25, -0.2) is 4.98 Å². The van der Waals surface area contributed by atoms with Crippen LogP contribution in [0.25, 0.3) is 10.2 Å². The lowest BCUT2D eigenvalue weighted by Gasteiger charge is -2.17. The molecule has 1 atom stereocenters. The van der Waals surface area contributed by atoms with Crippen LogP contribution in [-0.2, 0) is 9.59 Å². The van der Waals surface area contributed by atoms with Crippen LogP contribution in [0.5, 0.6) is 5.75 Å². The molecule has 180 valence electrons. The number of thiazole rings is 1. The first-order valence-corrected chi connectivity index (χ1v) is 13.2. The SMILES string of the molecule is CCCC(=O)Nc1cccc(SC(C(=O)Nc2nc3ccc(OCC)cc3s2)c2ccccc2)c1. The van der Waals surface area contributed by atoms with Crippen LogP contribution >= 0.6 is 23.1 Å². The lowest BCUT2D eigenvalue weighted by Crippen LogP contribution is -2.19. The Labute approximate surface area is 213 Å². The molecule has 0 aliphatic rings. The molecule has 4 rings (SSSR count). The Morgan fingerprint density at radius 3 is 2.60 bits per heavy atom. The van der Waals surface area contributed by atoms with E-state index < -0.39 is 5.25 Å². The molecule has 0 spiro atoms. The summed E-state index contributed by atoms with van der Waals surface area (Å²) < 4.78 is 6.53. The van der Waals surface area contributed by atoms with E-state index in [0.29, 0.717) is 18.2 Å². The minimum atomic E-state index is -0.496. The molecule has 0 saturated carbocycles. The minimum Gasteiger partial charge on any atom is -0.494 e. The highest BCUT2D eigenvalue weighted by atomic mass is 32.2. The summed E-state index contributed by atoms with van der Waals surface area (Å²) >= 11 is 2.85. The fourth-order valence-electron chi connectivity index (χ4n) is 3.52. The van der Waals surface area contributed by atoms with Crippen molar-refractivity contribution in [1.29, 1.82) is 0 Å². The number of fused-ring (bicyclic) bond motifs is 1. The number of rotatable bonds is 10. The van der Waals surface area contributed by atoms with Gasteiger partial charge in [-0.1, -0.05) is 54.7 Å². The fraction of sp³-hybridized carbons (Fsp3) is 0.222. The van der Waals surface area contributed by atoms with Crippen LogP contribution in [0.3, 0.4) is 0 Å². The van der Waals surface area contributed by atoms with Crippen LogP contribution in [0.2, 0.25) is 0 Å². The summed E-state index contributed by atoms with van der Waals surface area (Å²) in [5, 5.41) is 5.97. The molecule has 8 heteroatoms. The van der Waals surface area contributed by atoms with Crippen molar-refractivity contribution in [3.63, 3.8) is 0 Å². The maximum absolute atomic E-state index is 13.5. The predicted octanol–water partition coefficient (Wildman–Crippen LogP) is 6.91. The molecule has 3 aromatic carbocycles. The maximum atomic E-state index is 13.5. The molecule has 0 aliphatic heterocycles. The van der Waals surface area contributed by atoms with Crippen molar-refractivity contribution < 1.29 is 14.3 Å². The van der Waals surface area contributed by atoms with Gasteiger partial charge in [-0.2, -0.15) is 0 Å². The average Bonchev–Trinajstić information content (AvgIpc) is 3.25. The predicted molar refractivity (Wildman–Crippen MR) is 144 cm³/mol. The van der Waals surface area contributed by atoms with Crippen molar-refractivity contribution in [2.45, 2.75) is 36.8 Å². The van der Waals surface area contributed by atoms with Crippen molar-refractivity contribution in [3.05, 3.63) is 78.4 Å². The van der Waals surface area contributed by atoms with Gasteiger partial charge in [-0.05, 0) is 55.3 Å². The Balaban J connectivity index is 1.55. The monoisotopic (exact) mass is 505 g/mol. The van der Waals surface area contributed by atoms with Gasteiger partial charge in [-0.3, -0.25) is 9.59 Å². The molecule has 1 heterocycles. The maximum Gasteiger partial charge on any atom is 0.244 e. The number of nitrogens with one attached hydrogen (secondary N) is 2. The van der Waals surface area contributed by atoms with Gasteiger partial charge in [0.25, 0.3) is 0 Å². The third kappa shape index (κ3) is 6.61. The molecule has 2 amide bonds. The number of carbonyl (C=O) groups excluding carboxylic acids is 2.